The molecule has 0 unspecified atom stereocenters. The Kier molecular flexibility index (Phi) is 4.53. The number of carbonyl (C=O) groups is 1. The van der Waals surface area contributed by atoms with Gasteiger partial charge in [0.1, 0.15) is 0 Å². The van der Waals surface area contributed by atoms with Crippen LogP contribution in [0.15, 0.2) is 6.07 Å². The number of rotatable bonds is 3. The molecule has 0 fully saturated rings. The highest BCUT2D eigenvalue weighted by molar-refractivity contribution is 14.1. The molecule has 0 saturated heterocycles. The average molecular weight is 410 g/mol. The molecule has 0 aliphatic rings. The van der Waals surface area contributed by atoms with Crippen molar-refractivity contribution in [3.05, 3.63) is 20.9 Å². The van der Waals surface area contributed by atoms with Gasteiger partial charge in [0.2, 0.25) is 5.88 Å². The highest BCUT2D eigenvalue weighted by atomic mass is 127. The summed E-state index contributed by atoms with van der Waals surface area (Å²) in [5, 5.41) is 0.173. The first-order valence-electron chi connectivity index (χ1n) is 3.83. The fourth-order valence-corrected chi connectivity index (χ4v) is 2.08. The van der Waals surface area contributed by atoms with E-state index in [4.69, 9.17) is 0 Å². The summed E-state index contributed by atoms with van der Waals surface area (Å²) in [5.74, 6) is -0.572. The molecule has 1 heterocycles. The molecule has 0 spiro atoms. The van der Waals surface area contributed by atoms with Crippen molar-refractivity contribution in [3.8, 4) is 5.88 Å². The number of halogens is 5. The summed E-state index contributed by atoms with van der Waals surface area (Å²) < 4.78 is 39.9. The summed E-state index contributed by atoms with van der Waals surface area (Å²) >= 11 is 4.78. The van der Waals surface area contributed by atoms with Gasteiger partial charge in [0.15, 0.2) is 6.29 Å². The molecule has 0 aliphatic heterocycles. The van der Waals surface area contributed by atoms with Crippen LogP contribution in [0, 0.1) is 3.57 Å². The van der Waals surface area contributed by atoms with Crippen LogP contribution in [0.1, 0.15) is 16.1 Å². The van der Waals surface area contributed by atoms with Crippen molar-refractivity contribution in [1.29, 1.82) is 0 Å². The van der Waals surface area contributed by atoms with Crippen LogP contribution in [0.2, 0.25) is 0 Å². The van der Waals surface area contributed by atoms with Gasteiger partial charge in [-0.2, -0.15) is 0 Å². The Morgan fingerprint density at radius 2 is 2.19 bits per heavy atom. The standard InChI is InChI=1S/C8H4BrF3INO2/c9-2-6-4(3-15)5(13)1-7(14-6)16-8(10,11)12/h1,3H,2H2. The minimum absolute atomic E-state index is 0.173. The minimum atomic E-state index is -4.79. The fourth-order valence-electron chi connectivity index (χ4n) is 0.947. The van der Waals surface area contributed by atoms with Crippen LogP contribution in [0.3, 0.4) is 0 Å². The van der Waals surface area contributed by atoms with E-state index in [0.29, 0.717) is 9.86 Å². The van der Waals surface area contributed by atoms with Gasteiger partial charge in [-0.15, -0.1) is 13.2 Å². The van der Waals surface area contributed by atoms with Gasteiger partial charge in [-0.05, 0) is 22.6 Å². The zero-order valence-electron chi connectivity index (χ0n) is 7.52. The molecule has 0 bridgehead atoms. The smallest absolute Gasteiger partial charge is 0.388 e. The molecule has 0 atom stereocenters. The van der Waals surface area contributed by atoms with E-state index < -0.39 is 12.2 Å². The lowest BCUT2D eigenvalue weighted by Crippen LogP contribution is -2.18. The Labute approximate surface area is 111 Å². The van der Waals surface area contributed by atoms with Gasteiger partial charge in [0.05, 0.1) is 11.3 Å². The van der Waals surface area contributed by atoms with E-state index >= 15 is 0 Å². The number of hydrogen-bond donors (Lipinski definition) is 0. The molecule has 0 aliphatic carbocycles. The van der Waals surface area contributed by atoms with Gasteiger partial charge in [-0.1, -0.05) is 15.9 Å². The predicted molar refractivity (Wildman–Crippen MR) is 61.7 cm³/mol. The lowest BCUT2D eigenvalue weighted by atomic mass is 10.2. The SMILES string of the molecule is O=Cc1c(I)cc(OC(F)(F)F)nc1CBr. The normalized spacial score (nSPS) is 11.3. The second-order valence-corrected chi connectivity index (χ2v) is 4.32. The van der Waals surface area contributed by atoms with Crippen molar-refractivity contribution in [2.24, 2.45) is 0 Å². The number of aldehydes is 1. The van der Waals surface area contributed by atoms with Crippen molar-refractivity contribution >= 4 is 44.8 Å². The summed E-state index contributed by atoms with van der Waals surface area (Å²) in [6.07, 6.45) is -4.24. The predicted octanol–water partition coefficient (Wildman–Crippen LogP) is 3.29. The van der Waals surface area contributed by atoms with Crippen LogP contribution < -0.4 is 4.74 Å². The van der Waals surface area contributed by atoms with E-state index in [1.165, 1.54) is 0 Å². The van der Waals surface area contributed by atoms with Crippen molar-refractivity contribution in [3.63, 3.8) is 0 Å². The molecule has 1 aromatic heterocycles. The number of nitrogens with zero attached hydrogens (tertiary/aromatic N) is 1. The molecule has 0 saturated carbocycles. The topological polar surface area (TPSA) is 39.2 Å². The maximum absolute atomic E-state index is 11.9. The van der Waals surface area contributed by atoms with E-state index in [2.05, 4.69) is 25.7 Å². The van der Waals surface area contributed by atoms with Crippen molar-refractivity contribution in [2.45, 2.75) is 11.7 Å². The van der Waals surface area contributed by atoms with Crippen LogP contribution in [0.25, 0.3) is 0 Å². The number of hydrogen-bond acceptors (Lipinski definition) is 3. The third-order valence-corrected chi connectivity index (χ3v) is 2.95. The largest absolute Gasteiger partial charge is 0.574 e. The third-order valence-electron chi connectivity index (χ3n) is 1.53. The minimum Gasteiger partial charge on any atom is -0.388 e. The number of aromatic nitrogens is 1. The molecular weight excluding hydrogens is 406 g/mol. The molecule has 0 amide bonds. The first-order chi connectivity index (χ1) is 7.37. The van der Waals surface area contributed by atoms with Crippen LogP contribution in [0.4, 0.5) is 13.2 Å². The molecule has 3 nitrogen and oxygen atoms in total. The molecule has 1 aromatic rings. The van der Waals surface area contributed by atoms with E-state index in [1.807, 2.05) is 0 Å². The van der Waals surface area contributed by atoms with Gasteiger partial charge in [0.25, 0.3) is 0 Å². The summed E-state index contributed by atoms with van der Waals surface area (Å²) in [7, 11) is 0. The molecule has 0 aromatic carbocycles. The monoisotopic (exact) mass is 409 g/mol. The maximum atomic E-state index is 11.9. The molecule has 88 valence electrons. The molecular formula is C8H4BrF3INO2. The lowest BCUT2D eigenvalue weighted by Gasteiger charge is -2.10. The third kappa shape index (κ3) is 3.58. The number of ether oxygens (including phenoxy) is 1. The quantitative estimate of drug-likeness (QED) is 0.437. The van der Waals surface area contributed by atoms with Gasteiger partial charge in [-0.25, -0.2) is 4.98 Å². The van der Waals surface area contributed by atoms with Crippen molar-refractivity contribution in [2.75, 3.05) is 0 Å². The van der Waals surface area contributed by atoms with E-state index in [9.17, 15) is 18.0 Å². The van der Waals surface area contributed by atoms with Gasteiger partial charge >= 0.3 is 6.36 Å². The van der Waals surface area contributed by atoms with Crippen molar-refractivity contribution in [1.82, 2.24) is 4.98 Å². The number of alkyl halides is 4. The summed E-state index contributed by atoms with van der Waals surface area (Å²) in [4.78, 5) is 14.3. The molecule has 16 heavy (non-hydrogen) atoms. The van der Waals surface area contributed by atoms with Gasteiger partial charge in [0, 0.05) is 15.0 Å². The van der Waals surface area contributed by atoms with E-state index in [1.54, 1.807) is 22.6 Å². The van der Waals surface area contributed by atoms with Crippen LogP contribution in [-0.4, -0.2) is 17.6 Å². The van der Waals surface area contributed by atoms with Crippen LogP contribution in [0.5, 0.6) is 5.88 Å². The lowest BCUT2D eigenvalue weighted by molar-refractivity contribution is -0.276. The van der Waals surface area contributed by atoms with E-state index in [0.717, 1.165) is 6.07 Å². The van der Waals surface area contributed by atoms with Gasteiger partial charge < -0.3 is 4.74 Å². The Bertz CT molecular complexity index is 411. The molecule has 0 radical (unpaired) electrons. The summed E-state index contributed by atoms with van der Waals surface area (Å²) in [6, 6.07) is 1.06. The van der Waals surface area contributed by atoms with Crippen molar-refractivity contribution < 1.29 is 22.7 Å². The molecule has 8 heteroatoms. The molecule has 1 rings (SSSR count). The number of pyridine rings is 1. The zero-order valence-corrected chi connectivity index (χ0v) is 11.3. The Morgan fingerprint density at radius 3 is 2.62 bits per heavy atom. The van der Waals surface area contributed by atoms with E-state index in [-0.39, 0.29) is 16.6 Å². The highest BCUT2D eigenvalue weighted by Gasteiger charge is 2.32. The Hall–Kier alpha value is -0.380. The van der Waals surface area contributed by atoms with Crippen LogP contribution in [-0.2, 0) is 5.33 Å². The highest BCUT2D eigenvalue weighted by Crippen LogP contribution is 2.25. The Morgan fingerprint density at radius 1 is 1.56 bits per heavy atom. The fraction of sp³-hybridized carbons (Fsp3) is 0.250. The average Bonchev–Trinajstić information content (AvgIpc) is 2.14. The Balaban J connectivity index is 3.15. The van der Waals surface area contributed by atoms with Gasteiger partial charge in [-0.3, -0.25) is 4.79 Å². The van der Waals surface area contributed by atoms with Crippen LogP contribution >= 0.6 is 38.5 Å². The molecule has 0 N–H and O–H groups in total. The maximum Gasteiger partial charge on any atom is 0.574 e. The zero-order chi connectivity index (χ0) is 12.3. The second kappa shape index (κ2) is 5.30. The first-order valence-corrected chi connectivity index (χ1v) is 6.03. The number of carbonyl (C=O) groups excluding carboxylic acids is 1. The first kappa shape index (κ1) is 13.7. The summed E-state index contributed by atoms with van der Waals surface area (Å²) in [5.41, 5.74) is 0.466. The second-order valence-electron chi connectivity index (χ2n) is 2.60. The summed E-state index contributed by atoms with van der Waals surface area (Å²) in [6.45, 7) is 0.